The number of imidazole rings is 1. The first kappa shape index (κ1) is 11.1. The third-order valence-electron chi connectivity index (χ3n) is 3.19. The Balaban J connectivity index is 1.97. The van der Waals surface area contributed by atoms with Gasteiger partial charge in [0.2, 0.25) is 5.91 Å². The van der Waals surface area contributed by atoms with Crippen LogP contribution in [0.2, 0.25) is 0 Å². The molecule has 1 aliphatic heterocycles. The summed E-state index contributed by atoms with van der Waals surface area (Å²) >= 11 is 0. The largest absolute Gasteiger partial charge is 0.347 e. The van der Waals surface area contributed by atoms with Gasteiger partial charge in [-0.2, -0.15) is 0 Å². The number of hydrogen-bond donors (Lipinski definition) is 3. The third-order valence-corrected chi connectivity index (χ3v) is 3.19. The second kappa shape index (κ2) is 4.25. The molecule has 2 rings (SSSR count). The third kappa shape index (κ3) is 2.09. The Morgan fingerprint density at radius 2 is 2.50 bits per heavy atom. The van der Waals surface area contributed by atoms with E-state index in [1.54, 1.807) is 12.4 Å². The van der Waals surface area contributed by atoms with Crippen LogP contribution in [0, 0.1) is 5.41 Å². The van der Waals surface area contributed by atoms with Crippen molar-refractivity contribution in [2.75, 3.05) is 13.1 Å². The Labute approximate surface area is 95.0 Å². The van der Waals surface area contributed by atoms with E-state index in [-0.39, 0.29) is 17.4 Å². The molecule has 0 bridgehead atoms. The SMILES string of the molecule is CC(NC(=O)C1(C)CCNC1)c1ncc[nH]1. The fourth-order valence-corrected chi connectivity index (χ4v) is 1.96. The lowest BCUT2D eigenvalue weighted by molar-refractivity contribution is -0.129. The lowest BCUT2D eigenvalue weighted by Gasteiger charge is -2.23. The summed E-state index contributed by atoms with van der Waals surface area (Å²) in [5.41, 5.74) is -0.277. The predicted octanol–water partition coefficient (Wildman–Crippen LogP) is 0.586. The highest BCUT2D eigenvalue weighted by atomic mass is 16.2. The maximum Gasteiger partial charge on any atom is 0.227 e. The second-order valence-electron chi connectivity index (χ2n) is 4.66. The molecule has 0 aromatic carbocycles. The Hall–Kier alpha value is -1.36. The zero-order chi connectivity index (χ0) is 11.6. The van der Waals surface area contributed by atoms with Crippen LogP contribution in [0.25, 0.3) is 0 Å². The number of carbonyl (C=O) groups excluding carboxylic acids is 1. The topological polar surface area (TPSA) is 69.8 Å². The molecule has 1 amide bonds. The quantitative estimate of drug-likeness (QED) is 0.701. The molecule has 2 atom stereocenters. The van der Waals surface area contributed by atoms with Gasteiger partial charge in [-0.25, -0.2) is 4.98 Å². The van der Waals surface area contributed by atoms with E-state index in [1.165, 1.54) is 0 Å². The van der Waals surface area contributed by atoms with Gasteiger partial charge in [0.15, 0.2) is 0 Å². The molecule has 2 heterocycles. The maximum absolute atomic E-state index is 12.1. The van der Waals surface area contributed by atoms with Crippen LogP contribution in [0.5, 0.6) is 0 Å². The summed E-state index contributed by atoms with van der Waals surface area (Å²) in [5.74, 6) is 0.893. The first-order valence-electron chi connectivity index (χ1n) is 5.63. The molecule has 16 heavy (non-hydrogen) atoms. The lowest BCUT2D eigenvalue weighted by Crippen LogP contribution is -2.41. The van der Waals surface area contributed by atoms with Crippen molar-refractivity contribution < 1.29 is 4.79 Å². The van der Waals surface area contributed by atoms with Gasteiger partial charge in [0.05, 0.1) is 11.5 Å². The van der Waals surface area contributed by atoms with Crippen LogP contribution in [-0.2, 0) is 4.79 Å². The van der Waals surface area contributed by atoms with Crippen LogP contribution >= 0.6 is 0 Å². The number of carbonyl (C=O) groups is 1. The van der Waals surface area contributed by atoms with Gasteiger partial charge >= 0.3 is 0 Å². The summed E-state index contributed by atoms with van der Waals surface area (Å²) in [5, 5.41) is 6.21. The van der Waals surface area contributed by atoms with Crippen LogP contribution < -0.4 is 10.6 Å². The second-order valence-corrected chi connectivity index (χ2v) is 4.66. The van der Waals surface area contributed by atoms with E-state index < -0.39 is 0 Å². The van der Waals surface area contributed by atoms with Gasteiger partial charge in [0, 0.05) is 18.9 Å². The van der Waals surface area contributed by atoms with Crippen LogP contribution in [0.15, 0.2) is 12.4 Å². The predicted molar refractivity (Wildman–Crippen MR) is 60.7 cm³/mol. The van der Waals surface area contributed by atoms with Crippen molar-refractivity contribution in [3.05, 3.63) is 18.2 Å². The normalized spacial score (nSPS) is 26.6. The Morgan fingerprint density at radius 1 is 1.69 bits per heavy atom. The molecule has 1 aliphatic rings. The molecule has 1 saturated heterocycles. The average Bonchev–Trinajstić information content (AvgIpc) is 2.88. The van der Waals surface area contributed by atoms with Crippen LogP contribution in [0.4, 0.5) is 0 Å². The van der Waals surface area contributed by atoms with Crippen molar-refractivity contribution in [2.45, 2.75) is 26.3 Å². The molecule has 5 heteroatoms. The molecule has 5 nitrogen and oxygen atoms in total. The minimum atomic E-state index is -0.277. The van der Waals surface area contributed by atoms with Crippen molar-refractivity contribution in [3.8, 4) is 0 Å². The summed E-state index contributed by atoms with van der Waals surface area (Å²) in [6.45, 7) is 5.60. The first-order chi connectivity index (χ1) is 7.62. The Bertz CT molecular complexity index is 354. The van der Waals surface area contributed by atoms with E-state index in [4.69, 9.17) is 0 Å². The molecule has 1 fully saturated rings. The number of H-pyrrole nitrogens is 1. The highest BCUT2D eigenvalue weighted by molar-refractivity contribution is 5.83. The van der Waals surface area contributed by atoms with E-state index in [2.05, 4.69) is 20.6 Å². The monoisotopic (exact) mass is 222 g/mol. The van der Waals surface area contributed by atoms with Crippen LogP contribution in [0.1, 0.15) is 32.1 Å². The molecule has 2 unspecified atom stereocenters. The smallest absolute Gasteiger partial charge is 0.227 e. The summed E-state index contributed by atoms with van der Waals surface area (Å²) < 4.78 is 0. The minimum absolute atomic E-state index is 0.0695. The summed E-state index contributed by atoms with van der Waals surface area (Å²) in [6, 6.07) is -0.0695. The van der Waals surface area contributed by atoms with E-state index in [1.807, 2.05) is 13.8 Å². The number of aromatic amines is 1. The molecule has 0 radical (unpaired) electrons. The van der Waals surface area contributed by atoms with Crippen molar-refractivity contribution >= 4 is 5.91 Å². The standard InChI is InChI=1S/C11H18N4O/c1-8(9-13-5-6-14-9)15-10(16)11(2)3-4-12-7-11/h5-6,8,12H,3-4,7H2,1-2H3,(H,13,14)(H,15,16). The number of rotatable bonds is 3. The summed E-state index contributed by atoms with van der Waals surface area (Å²) in [6.07, 6.45) is 4.34. The molecular formula is C11H18N4O. The van der Waals surface area contributed by atoms with Gasteiger partial charge in [-0.15, -0.1) is 0 Å². The number of nitrogens with one attached hydrogen (secondary N) is 3. The van der Waals surface area contributed by atoms with E-state index in [9.17, 15) is 4.79 Å². The van der Waals surface area contributed by atoms with Gasteiger partial charge in [-0.3, -0.25) is 4.79 Å². The summed E-state index contributed by atoms with van der Waals surface area (Å²) in [7, 11) is 0. The van der Waals surface area contributed by atoms with Gasteiger partial charge in [-0.05, 0) is 26.8 Å². The number of hydrogen-bond acceptors (Lipinski definition) is 3. The van der Waals surface area contributed by atoms with Gasteiger partial charge in [0.1, 0.15) is 5.82 Å². The molecule has 0 spiro atoms. The zero-order valence-corrected chi connectivity index (χ0v) is 9.71. The highest BCUT2D eigenvalue weighted by Gasteiger charge is 2.36. The number of amides is 1. The van der Waals surface area contributed by atoms with Crippen molar-refractivity contribution in [1.29, 1.82) is 0 Å². The fraction of sp³-hybridized carbons (Fsp3) is 0.636. The molecule has 1 aromatic heterocycles. The van der Waals surface area contributed by atoms with Gasteiger partial charge in [-0.1, -0.05) is 0 Å². The fourth-order valence-electron chi connectivity index (χ4n) is 1.96. The van der Waals surface area contributed by atoms with Crippen LogP contribution in [0.3, 0.4) is 0 Å². The Kier molecular flexibility index (Phi) is 2.96. The first-order valence-corrected chi connectivity index (χ1v) is 5.63. The Morgan fingerprint density at radius 3 is 3.06 bits per heavy atom. The van der Waals surface area contributed by atoms with E-state index in [0.29, 0.717) is 0 Å². The average molecular weight is 222 g/mol. The van der Waals surface area contributed by atoms with Gasteiger partial charge in [0.25, 0.3) is 0 Å². The van der Waals surface area contributed by atoms with E-state index in [0.717, 1.165) is 25.3 Å². The van der Waals surface area contributed by atoms with Crippen molar-refractivity contribution in [3.63, 3.8) is 0 Å². The van der Waals surface area contributed by atoms with E-state index >= 15 is 0 Å². The minimum Gasteiger partial charge on any atom is -0.347 e. The van der Waals surface area contributed by atoms with Crippen molar-refractivity contribution in [1.82, 2.24) is 20.6 Å². The highest BCUT2D eigenvalue weighted by Crippen LogP contribution is 2.25. The maximum atomic E-state index is 12.1. The molecule has 88 valence electrons. The molecular weight excluding hydrogens is 204 g/mol. The molecule has 0 aliphatic carbocycles. The summed E-state index contributed by atoms with van der Waals surface area (Å²) in [4.78, 5) is 19.2. The van der Waals surface area contributed by atoms with Crippen LogP contribution in [-0.4, -0.2) is 29.0 Å². The zero-order valence-electron chi connectivity index (χ0n) is 9.71. The van der Waals surface area contributed by atoms with Gasteiger partial charge < -0.3 is 15.6 Å². The lowest BCUT2D eigenvalue weighted by atomic mass is 9.88. The number of nitrogens with zero attached hydrogens (tertiary/aromatic N) is 1. The molecule has 1 aromatic rings. The molecule has 0 saturated carbocycles. The van der Waals surface area contributed by atoms with Crippen molar-refractivity contribution in [2.24, 2.45) is 5.41 Å². The molecule has 3 N–H and O–H groups in total. The number of aromatic nitrogens is 2.